The van der Waals surface area contributed by atoms with Crippen molar-refractivity contribution < 1.29 is 38.5 Å². The van der Waals surface area contributed by atoms with Gasteiger partial charge in [0.25, 0.3) is 0 Å². The largest absolute Gasteiger partial charge is 0.481 e. The molecule has 0 saturated heterocycles. The summed E-state index contributed by atoms with van der Waals surface area (Å²) in [5, 5.41) is 9.86. The third kappa shape index (κ3) is 46.2. The molecule has 1 N–H and O–H groups in total. The van der Waals surface area contributed by atoms with Gasteiger partial charge in [-0.25, -0.2) is 0 Å². The summed E-state index contributed by atoms with van der Waals surface area (Å²) in [7, 11) is 0. The molecule has 2 unspecified atom stereocenters. The van der Waals surface area contributed by atoms with Gasteiger partial charge in [-0.1, -0.05) is 211 Å². The number of carbonyl (C=O) groups is 4. The maximum Gasteiger partial charge on any atom is 0.320 e. The number of hydrogen-bond donors (Lipinski definition) is 1. The summed E-state index contributed by atoms with van der Waals surface area (Å²) < 4.78 is 16.6. The van der Waals surface area contributed by atoms with Gasteiger partial charge in [-0.15, -0.1) is 0 Å². The molecule has 2 atom stereocenters. The van der Waals surface area contributed by atoms with Gasteiger partial charge in [0, 0.05) is 12.8 Å². The summed E-state index contributed by atoms with van der Waals surface area (Å²) >= 11 is 0. The zero-order valence-electron chi connectivity index (χ0n) is 43.3. The molecular weight excluding hydrogens is 827 g/mol. The number of carbonyl (C=O) groups excluding carboxylic acids is 3. The molecule has 0 heterocycles. The van der Waals surface area contributed by atoms with Gasteiger partial charge in [-0.05, 0) is 96.3 Å². The molecule has 0 bridgehead atoms. The average Bonchev–Trinajstić information content (AvgIpc) is 3.30. The molecule has 0 aromatic heterocycles. The van der Waals surface area contributed by atoms with E-state index < -0.39 is 29.9 Å². The number of ether oxygens (including phenoxy) is 3. The van der Waals surface area contributed by atoms with Crippen molar-refractivity contribution in [3.05, 3.63) is 36.5 Å². The van der Waals surface area contributed by atoms with Crippen LogP contribution in [-0.2, 0) is 33.4 Å². The number of hydrogen-bond acceptors (Lipinski definition) is 7. The van der Waals surface area contributed by atoms with Crippen molar-refractivity contribution in [2.75, 3.05) is 13.2 Å². The standard InChI is InChI=1S/C58H104O8/c1-4-7-10-13-16-19-22-25-28-31-34-37-40-43-46-49-55(59)64-51-53(66-56(60)50-47-44-41-38-35-32-29-26-23-20-17-14-11-8-5-2)52-65-58(63)54(57(61)62)48-45-42-39-36-33-30-27-24-21-18-15-12-9-6-3/h25-30,53-54H,4-24,31-52H2,1-3H3,(H,61,62)/b28-25-,29-26-,30-27-/i57+2. The van der Waals surface area contributed by atoms with Crippen molar-refractivity contribution in [1.82, 2.24) is 0 Å². The normalized spacial score (nSPS) is 12.7. The Hall–Kier alpha value is -2.90. The fraction of sp³-hybridized carbons (Fsp3) is 0.828. The van der Waals surface area contributed by atoms with E-state index in [0.29, 0.717) is 12.8 Å². The van der Waals surface area contributed by atoms with Crippen LogP contribution in [0, 0.1) is 5.92 Å². The lowest BCUT2D eigenvalue weighted by atomic mass is 10.1. The third-order valence-corrected chi connectivity index (χ3v) is 12.5. The van der Waals surface area contributed by atoms with Gasteiger partial charge < -0.3 is 19.3 Å². The van der Waals surface area contributed by atoms with Crippen LogP contribution in [0.1, 0.15) is 284 Å². The fourth-order valence-electron chi connectivity index (χ4n) is 8.16. The van der Waals surface area contributed by atoms with Crippen LogP contribution < -0.4 is 0 Å². The Morgan fingerprint density at radius 1 is 0.409 bits per heavy atom. The lowest BCUT2D eigenvalue weighted by Gasteiger charge is -2.19. The second kappa shape index (κ2) is 51.5. The van der Waals surface area contributed by atoms with Gasteiger partial charge in [0.15, 0.2) is 12.0 Å². The van der Waals surface area contributed by atoms with Crippen molar-refractivity contribution in [3.63, 3.8) is 0 Å². The molecule has 0 fully saturated rings. The van der Waals surface area contributed by atoms with Crippen LogP contribution >= 0.6 is 0 Å². The molecule has 66 heavy (non-hydrogen) atoms. The van der Waals surface area contributed by atoms with Crippen LogP contribution in [0.25, 0.3) is 0 Å². The molecule has 0 aliphatic rings. The van der Waals surface area contributed by atoms with Crippen molar-refractivity contribution in [2.45, 2.75) is 290 Å². The first kappa shape index (κ1) is 63.1. The molecule has 0 radical (unpaired) electrons. The lowest BCUT2D eigenvalue weighted by molar-refractivity contribution is -0.171. The Balaban J connectivity index is 4.70. The van der Waals surface area contributed by atoms with Crippen molar-refractivity contribution in [2.24, 2.45) is 5.92 Å². The van der Waals surface area contributed by atoms with Crippen molar-refractivity contribution in [1.29, 1.82) is 0 Å². The summed E-state index contributed by atoms with van der Waals surface area (Å²) in [4.78, 5) is 50.7. The topological polar surface area (TPSA) is 116 Å². The first-order valence-electron chi connectivity index (χ1n) is 28.0. The maximum atomic E-state index is 13.0. The quantitative estimate of drug-likeness (QED) is 0.0211. The molecule has 384 valence electrons. The van der Waals surface area contributed by atoms with E-state index in [1.807, 2.05) is 0 Å². The van der Waals surface area contributed by atoms with Crippen LogP contribution in [0.5, 0.6) is 0 Å². The average molecular weight is 931 g/mol. The summed E-state index contributed by atoms with van der Waals surface area (Å²) in [5.41, 5.74) is 0. The molecule has 8 heteroatoms. The molecule has 0 spiro atoms. The monoisotopic (exact) mass is 931 g/mol. The molecule has 0 aliphatic heterocycles. The van der Waals surface area contributed by atoms with Gasteiger partial charge in [-0.2, -0.15) is 0 Å². The first-order chi connectivity index (χ1) is 32.3. The Morgan fingerprint density at radius 3 is 1.08 bits per heavy atom. The second-order valence-electron chi connectivity index (χ2n) is 19.0. The van der Waals surface area contributed by atoms with Crippen molar-refractivity contribution in [3.8, 4) is 0 Å². The van der Waals surface area contributed by atoms with Gasteiger partial charge >= 0.3 is 23.9 Å². The van der Waals surface area contributed by atoms with E-state index in [1.165, 1.54) is 128 Å². The molecule has 0 amide bonds. The highest BCUT2D eigenvalue weighted by Gasteiger charge is 2.29. The maximum absolute atomic E-state index is 13.0. The third-order valence-electron chi connectivity index (χ3n) is 12.5. The predicted molar refractivity (Wildman–Crippen MR) is 277 cm³/mol. The Labute approximate surface area is 406 Å². The van der Waals surface area contributed by atoms with E-state index in [9.17, 15) is 24.3 Å². The summed E-state index contributed by atoms with van der Waals surface area (Å²) in [6, 6.07) is 0. The molecule has 0 aromatic carbocycles. The van der Waals surface area contributed by atoms with Gasteiger partial charge in [0.1, 0.15) is 13.2 Å². The SMILES string of the molecule is CCCCCCCC/C=C\CCCCCCCC(=O)OCC(COC(=O)C(CCCCCC/C=C\CCCCCCCC)[14C](=O)O)OC(=O)CCCCCCC/C=C\CCCCCCCC. The van der Waals surface area contributed by atoms with Crippen LogP contribution in [-0.4, -0.2) is 48.3 Å². The number of carboxylic acid groups (broad SMARTS) is 1. The van der Waals surface area contributed by atoms with Gasteiger partial charge in [0.2, 0.25) is 0 Å². The summed E-state index contributed by atoms with van der Waals surface area (Å²) in [6.07, 6.45) is 57.2. The Morgan fingerprint density at radius 2 is 0.712 bits per heavy atom. The minimum absolute atomic E-state index is 0.187. The van der Waals surface area contributed by atoms with E-state index in [-0.39, 0.29) is 38.4 Å². The Bertz CT molecular complexity index is 1190. The first-order valence-corrected chi connectivity index (χ1v) is 28.0. The summed E-state index contributed by atoms with van der Waals surface area (Å²) in [6.45, 7) is 6.15. The molecule has 8 nitrogen and oxygen atoms in total. The second-order valence-corrected chi connectivity index (χ2v) is 19.0. The smallest absolute Gasteiger partial charge is 0.320 e. The summed E-state index contributed by atoms with van der Waals surface area (Å²) in [5.74, 6) is -4.18. The molecule has 0 aromatic rings. The highest BCUT2D eigenvalue weighted by atomic mass is 16.6. The van der Waals surface area contributed by atoms with E-state index in [1.54, 1.807) is 0 Å². The highest BCUT2D eigenvalue weighted by Crippen LogP contribution is 2.17. The van der Waals surface area contributed by atoms with Crippen LogP contribution in [0.4, 0.5) is 0 Å². The van der Waals surface area contributed by atoms with Crippen LogP contribution in [0.3, 0.4) is 0 Å². The highest BCUT2D eigenvalue weighted by molar-refractivity contribution is 5.93. The minimum Gasteiger partial charge on any atom is -0.481 e. The molecule has 0 aliphatic carbocycles. The molecule has 0 saturated carbocycles. The van der Waals surface area contributed by atoms with E-state index >= 15 is 0 Å². The predicted octanol–water partition coefficient (Wildman–Crippen LogP) is 17.4. The van der Waals surface area contributed by atoms with E-state index in [4.69, 9.17) is 14.2 Å². The number of aliphatic carboxylic acids is 1. The number of unbranched alkanes of at least 4 members (excludes halogenated alkanes) is 32. The van der Waals surface area contributed by atoms with Gasteiger partial charge in [0.05, 0.1) is 0 Å². The number of rotatable bonds is 51. The number of esters is 3. The zero-order chi connectivity index (χ0) is 48.2. The Kier molecular flexibility index (Phi) is 49.2. The number of carboxylic acids is 1. The molecule has 0 rings (SSSR count). The van der Waals surface area contributed by atoms with E-state index in [2.05, 4.69) is 57.2 Å². The fourth-order valence-corrected chi connectivity index (χ4v) is 8.16. The lowest BCUT2D eigenvalue weighted by Crippen LogP contribution is -2.33. The number of allylic oxidation sites excluding steroid dienone is 6. The van der Waals surface area contributed by atoms with Gasteiger partial charge in [-0.3, -0.25) is 19.2 Å². The van der Waals surface area contributed by atoms with Crippen molar-refractivity contribution >= 4 is 23.9 Å². The minimum atomic E-state index is -1.29. The van der Waals surface area contributed by atoms with Crippen LogP contribution in [0.2, 0.25) is 0 Å². The molecular formula is C58H104O8. The van der Waals surface area contributed by atoms with Crippen LogP contribution in [0.15, 0.2) is 36.5 Å². The zero-order valence-corrected chi connectivity index (χ0v) is 43.3. The van der Waals surface area contributed by atoms with E-state index in [0.717, 1.165) is 103 Å².